The molecule has 0 saturated carbocycles. The molecule has 0 spiro atoms. The van der Waals surface area contributed by atoms with Gasteiger partial charge < -0.3 is 5.32 Å². The standard InChI is InChI=1S/C16H10ClN3O4/c17-16(22)12-5-6-13(14(7-12)20(23)24)19-9-15(21)11-3-1-10(8-18)2-4-11/h1-7,19H,9H2. The highest BCUT2D eigenvalue weighted by Crippen LogP contribution is 2.26. The summed E-state index contributed by atoms with van der Waals surface area (Å²) in [7, 11) is 0. The number of nitro benzene ring substituents is 1. The molecule has 0 aromatic heterocycles. The number of nitriles is 1. The Morgan fingerprint density at radius 3 is 2.33 bits per heavy atom. The van der Waals surface area contributed by atoms with Crippen molar-refractivity contribution >= 4 is 34.0 Å². The molecule has 24 heavy (non-hydrogen) atoms. The SMILES string of the molecule is N#Cc1ccc(C(=O)CNc2ccc(C(=O)Cl)cc2[N+](=O)[O-])cc1. The topological polar surface area (TPSA) is 113 Å². The van der Waals surface area contributed by atoms with Crippen molar-refractivity contribution in [3.63, 3.8) is 0 Å². The van der Waals surface area contributed by atoms with E-state index in [1.54, 1.807) is 0 Å². The number of hydrogen-bond acceptors (Lipinski definition) is 6. The van der Waals surface area contributed by atoms with E-state index in [0.29, 0.717) is 11.1 Å². The predicted octanol–water partition coefficient (Wildman–Crippen LogP) is 3.14. The predicted molar refractivity (Wildman–Crippen MR) is 87.3 cm³/mol. The lowest BCUT2D eigenvalue weighted by atomic mass is 10.1. The van der Waals surface area contributed by atoms with Gasteiger partial charge >= 0.3 is 0 Å². The fourth-order valence-electron chi connectivity index (χ4n) is 1.96. The molecule has 0 saturated heterocycles. The lowest BCUT2D eigenvalue weighted by molar-refractivity contribution is -0.384. The number of rotatable bonds is 6. The van der Waals surface area contributed by atoms with E-state index in [4.69, 9.17) is 16.9 Å². The van der Waals surface area contributed by atoms with Crippen LogP contribution in [0.3, 0.4) is 0 Å². The Morgan fingerprint density at radius 1 is 1.17 bits per heavy atom. The Kier molecular flexibility index (Phi) is 5.24. The van der Waals surface area contributed by atoms with Crippen LogP contribution in [-0.4, -0.2) is 22.5 Å². The maximum Gasteiger partial charge on any atom is 0.293 e. The summed E-state index contributed by atoms with van der Waals surface area (Å²) in [5.41, 5.74) is 0.540. The summed E-state index contributed by atoms with van der Waals surface area (Å²) in [6, 6.07) is 11.7. The van der Waals surface area contributed by atoms with Crippen LogP contribution in [0.2, 0.25) is 0 Å². The number of carbonyl (C=O) groups is 2. The van der Waals surface area contributed by atoms with Crippen LogP contribution in [0.5, 0.6) is 0 Å². The van der Waals surface area contributed by atoms with Crippen molar-refractivity contribution in [1.82, 2.24) is 0 Å². The number of nitro groups is 1. The maximum absolute atomic E-state index is 12.1. The molecule has 120 valence electrons. The Morgan fingerprint density at radius 2 is 1.79 bits per heavy atom. The molecule has 0 bridgehead atoms. The first-order valence-corrected chi connectivity index (χ1v) is 7.05. The van der Waals surface area contributed by atoms with Crippen molar-refractivity contribution in [3.05, 3.63) is 69.3 Å². The number of carbonyl (C=O) groups excluding carboxylic acids is 2. The normalized spacial score (nSPS) is 9.83. The van der Waals surface area contributed by atoms with Crippen LogP contribution in [0.1, 0.15) is 26.3 Å². The molecule has 0 aliphatic carbocycles. The van der Waals surface area contributed by atoms with E-state index in [1.807, 2.05) is 6.07 Å². The highest BCUT2D eigenvalue weighted by molar-refractivity contribution is 6.67. The van der Waals surface area contributed by atoms with E-state index in [9.17, 15) is 19.7 Å². The van der Waals surface area contributed by atoms with Crippen molar-refractivity contribution in [2.24, 2.45) is 0 Å². The van der Waals surface area contributed by atoms with Gasteiger partial charge in [0.15, 0.2) is 5.78 Å². The molecular formula is C16H10ClN3O4. The smallest absolute Gasteiger partial charge is 0.293 e. The van der Waals surface area contributed by atoms with Gasteiger partial charge in [-0.15, -0.1) is 0 Å². The second-order valence-corrected chi connectivity index (χ2v) is 5.07. The summed E-state index contributed by atoms with van der Waals surface area (Å²) in [6.45, 7) is -0.180. The number of anilines is 1. The van der Waals surface area contributed by atoms with Gasteiger partial charge in [0, 0.05) is 17.2 Å². The monoisotopic (exact) mass is 343 g/mol. The maximum atomic E-state index is 12.1. The zero-order valence-corrected chi connectivity index (χ0v) is 12.9. The molecule has 0 atom stereocenters. The zero-order valence-electron chi connectivity index (χ0n) is 12.2. The number of nitrogens with one attached hydrogen (secondary N) is 1. The molecule has 2 aromatic carbocycles. The number of halogens is 1. The molecule has 0 aliphatic heterocycles. The minimum Gasteiger partial charge on any atom is -0.372 e. The van der Waals surface area contributed by atoms with E-state index in [0.717, 1.165) is 6.07 Å². The van der Waals surface area contributed by atoms with E-state index in [1.165, 1.54) is 36.4 Å². The number of benzene rings is 2. The van der Waals surface area contributed by atoms with Gasteiger partial charge in [-0.2, -0.15) is 5.26 Å². The average Bonchev–Trinajstić information content (AvgIpc) is 2.59. The fraction of sp³-hybridized carbons (Fsp3) is 0.0625. The second-order valence-electron chi connectivity index (χ2n) is 4.73. The van der Waals surface area contributed by atoms with Gasteiger partial charge in [-0.05, 0) is 35.9 Å². The molecule has 1 N–H and O–H groups in total. The number of hydrogen-bond donors (Lipinski definition) is 1. The van der Waals surface area contributed by atoms with Crippen LogP contribution < -0.4 is 5.32 Å². The van der Waals surface area contributed by atoms with Gasteiger partial charge in [0.2, 0.25) is 0 Å². The molecule has 0 radical (unpaired) electrons. The van der Waals surface area contributed by atoms with Gasteiger partial charge in [-0.3, -0.25) is 19.7 Å². The lowest BCUT2D eigenvalue weighted by Gasteiger charge is -2.07. The van der Waals surface area contributed by atoms with Gasteiger partial charge in [0.1, 0.15) is 5.69 Å². The highest BCUT2D eigenvalue weighted by Gasteiger charge is 2.17. The zero-order chi connectivity index (χ0) is 17.7. The van der Waals surface area contributed by atoms with E-state index < -0.39 is 10.2 Å². The third-order valence-electron chi connectivity index (χ3n) is 3.20. The van der Waals surface area contributed by atoms with Crippen LogP contribution >= 0.6 is 11.6 Å². The average molecular weight is 344 g/mol. The molecule has 2 rings (SSSR count). The molecule has 0 heterocycles. The summed E-state index contributed by atoms with van der Waals surface area (Å²) in [5, 5.41) is 21.7. The summed E-state index contributed by atoms with van der Waals surface area (Å²) >= 11 is 5.31. The first kappa shape index (κ1) is 17.1. The van der Waals surface area contributed by atoms with Crippen LogP contribution in [0.15, 0.2) is 42.5 Å². The van der Waals surface area contributed by atoms with Crippen molar-refractivity contribution in [2.45, 2.75) is 0 Å². The van der Waals surface area contributed by atoms with Gasteiger partial charge in [-0.25, -0.2) is 0 Å². The van der Waals surface area contributed by atoms with Gasteiger partial charge in [-0.1, -0.05) is 12.1 Å². The Hall–Kier alpha value is -3.24. The van der Waals surface area contributed by atoms with E-state index >= 15 is 0 Å². The lowest BCUT2D eigenvalue weighted by Crippen LogP contribution is -2.15. The molecule has 2 aromatic rings. The van der Waals surface area contributed by atoms with Crippen molar-refractivity contribution in [1.29, 1.82) is 5.26 Å². The molecule has 0 unspecified atom stereocenters. The summed E-state index contributed by atoms with van der Waals surface area (Å²) in [4.78, 5) is 33.6. The van der Waals surface area contributed by atoms with Crippen molar-refractivity contribution < 1.29 is 14.5 Å². The highest BCUT2D eigenvalue weighted by atomic mass is 35.5. The first-order valence-electron chi connectivity index (χ1n) is 6.68. The van der Waals surface area contributed by atoms with Crippen molar-refractivity contribution in [2.75, 3.05) is 11.9 Å². The summed E-state index contributed by atoms with van der Waals surface area (Å²) in [5.74, 6) is -0.300. The van der Waals surface area contributed by atoms with Crippen LogP contribution in [0.25, 0.3) is 0 Å². The third kappa shape index (κ3) is 3.94. The first-order chi connectivity index (χ1) is 11.4. The number of nitrogens with zero attached hydrogens (tertiary/aromatic N) is 2. The van der Waals surface area contributed by atoms with Gasteiger partial charge in [0.25, 0.3) is 10.9 Å². The van der Waals surface area contributed by atoms with E-state index in [2.05, 4.69) is 5.32 Å². The van der Waals surface area contributed by atoms with E-state index in [-0.39, 0.29) is 29.3 Å². The Bertz CT molecular complexity index is 857. The molecule has 8 heteroatoms. The number of ketones is 1. The minimum absolute atomic E-state index is 0.00710. The number of Topliss-reactive ketones (excluding diaryl/α,β-unsaturated/α-hetero) is 1. The van der Waals surface area contributed by atoms with Crippen LogP contribution in [-0.2, 0) is 0 Å². The van der Waals surface area contributed by atoms with Crippen LogP contribution in [0.4, 0.5) is 11.4 Å². The quantitative estimate of drug-likeness (QED) is 0.373. The van der Waals surface area contributed by atoms with Crippen LogP contribution in [0, 0.1) is 21.4 Å². The van der Waals surface area contributed by atoms with Gasteiger partial charge in [0.05, 0.1) is 23.1 Å². The third-order valence-corrected chi connectivity index (χ3v) is 3.41. The molecule has 0 amide bonds. The fourth-order valence-corrected chi connectivity index (χ4v) is 2.08. The molecular weight excluding hydrogens is 334 g/mol. The molecule has 7 nitrogen and oxygen atoms in total. The largest absolute Gasteiger partial charge is 0.372 e. The van der Waals surface area contributed by atoms with Crippen molar-refractivity contribution in [3.8, 4) is 6.07 Å². The summed E-state index contributed by atoms with van der Waals surface area (Å²) in [6.07, 6.45) is 0. The molecule has 0 fully saturated rings. The minimum atomic E-state index is -0.807. The summed E-state index contributed by atoms with van der Waals surface area (Å²) < 4.78 is 0. The molecule has 0 aliphatic rings. The second kappa shape index (κ2) is 7.35. The Labute approximate surface area is 141 Å². The Balaban J connectivity index is 2.16.